The Kier molecular flexibility index (Phi) is 61.8. The van der Waals surface area contributed by atoms with Crippen LogP contribution in [0.25, 0.3) is 0 Å². The van der Waals surface area contributed by atoms with Crippen molar-refractivity contribution < 1.29 is 124 Å². The van der Waals surface area contributed by atoms with E-state index in [4.69, 9.17) is 1.05 Å². The molecule has 1 nitrogen and oxygen atoms in total. The molecular weight excluding hydrogens is 502 g/mol. The van der Waals surface area contributed by atoms with Gasteiger partial charge in [0.25, 0.3) is 0 Å². The maximum atomic E-state index is 8.39. The molecule has 0 aliphatic rings. The predicted octanol–water partition coefficient (Wildman–Crippen LogP) is -0.119. The van der Waals surface area contributed by atoms with Gasteiger partial charge in [-0.1, -0.05) is 0 Å². The SMILES string of the molecule is [O]=[Nd].[Tm].[Yb]. The largest absolute Gasteiger partial charge is 0 e. The summed E-state index contributed by atoms with van der Waals surface area (Å²) in [6, 6.07) is 0. The standard InChI is InChI=1S/Nd.O.Tm.Yb. The van der Waals surface area contributed by atoms with Crippen LogP contribution < -0.4 is 0 Å². The molecule has 4 heavy (non-hydrogen) atoms. The number of hydrogen-bond donors (Lipinski definition) is 0. The smallest absolute Gasteiger partial charge is 0 e. The second-order valence-corrected chi connectivity index (χ2v) is 0. The van der Waals surface area contributed by atoms with Crippen molar-refractivity contribution in [2.24, 2.45) is 0 Å². The molecular formula is NdOTmYb. The summed E-state index contributed by atoms with van der Waals surface area (Å²) in [6.45, 7) is 0. The average Bonchev–Trinajstić information content (AvgIpc) is 1.00. The first kappa shape index (κ1) is 15.7. The van der Waals surface area contributed by atoms with E-state index in [2.05, 4.69) is 0 Å². The summed E-state index contributed by atoms with van der Waals surface area (Å²) in [5.74, 6) is 0. The Balaban J connectivity index is -0.00000000500. The third-order valence-electron chi connectivity index (χ3n) is 0. The predicted molar refractivity (Wildman–Crippen MR) is 0.686 cm³/mol. The van der Waals surface area contributed by atoms with Crippen molar-refractivity contribution in [3.63, 3.8) is 0 Å². The van der Waals surface area contributed by atoms with Gasteiger partial charge < -0.3 is 0 Å². The third kappa shape index (κ3) is 9.32. The molecule has 1 radical (unpaired) electrons. The Morgan fingerprint density at radius 3 is 1.25 bits per heavy atom. The first-order valence-corrected chi connectivity index (χ1v) is 1.51. The van der Waals surface area contributed by atoms with Crippen LogP contribution in [0.15, 0.2) is 0 Å². The molecule has 0 spiro atoms. The van der Waals surface area contributed by atoms with Crippen molar-refractivity contribution >= 4 is 0 Å². The van der Waals surface area contributed by atoms with Crippen LogP contribution in [0, 0.1) is 123 Å². The minimum absolute atomic E-state index is 0. The second kappa shape index (κ2) is 15.8. The minimum atomic E-state index is 0. The fraction of sp³-hybridized carbons (Fsp3) is 0. The molecule has 37 valence electrons. The van der Waals surface area contributed by atoms with Gasteiger partial charge in [-0.2, -0.15) is 0 Å². The van der Waals surface area contributed by atoms with Gasteiger partial charge in [-0.15, -0.1) is 0 Å². The van der Waals surface area contributed by atoms with Crippen LogP contribution in [-0.2, 0) is 1.05 Å². The van der Waals surface area contributed by atoms with Gasteiger partial charge >= 0.3 is 39.9 Å². The molecule has 0 N–H and O–H groups in total. The van der Waals surface area contributed by atoms with E-state index in [0.29, 0.717) is 0 Å². The Hall–Kier alpha value is 3.90. The van der Waals surface area contributed by atoms with E-state index in [1.807, 2.05) is 0 Å². The molecule has 4 heteroatoms. The summed E-state index contributed by atoms with van der Waals surface area (Å²) in [4.78, 5) is 0. The van der Waals surface area contributed by atoms with Gasteiger partial charge in [-0.05, 0) is 0 Å². The van der Waals surface area contributed by atoms with E-state index in [0.717, 1.165) is 0 Å². The zero-order valence-electron chi connectivity index (χ0n) is 1.45. The molecule has 0 aromatic heterocycles. The van der Waals surface area contributed by atoms with Gasteiger partial charge in [-0.25, -0.2) is 0 Å². The van der Waals surface area contributed by atoms with E-state index in [-0.39, 0.29) is 123 Å². The van der Waals surface area contributed by atoms with E-state index in [1.165, 1.54) is 0 Å². The molecule has 0 rings (SSSR count). The van der Waals surface area contributed by atoms with Crippen molar-refractivity contribution in [1.29, 1.82) is 0 Å². The Morgan fingerprint density at radius 1 is 1.25 bits per heavy atom. The van der Waals surface area contributed by atoms with Crippen LogP contribution in [0.5, 0.6) is 0 Å². The van der Waals surface area contributed by atoms with Gasteiger partial charge in [0.1, 0.15) is 0 Å². The summed E-state index contributed by atoms with van der Waals surface area (Å²) in [5.41, 5.74) is 0. The molecule has 0 saturated heterocycles. The van der Waals surface area contributed by atoms with Crippen LogP contribution >= 0.6 is 0 Å². The van der Waals surface area contributed by atoms with E-state index in [9.17, 15) is 0 Å². The summed E-state index contributed by atoms with van der Waals surface area (Å²) in [6.07, 6.45) is 0. The average molecular weight is 502 g/mol. The maximum absolute atomic E-state index is 8.39. The Morgan fingerprint density at radius 2 is 1.25 bits per heavy atom. The van der Waals surface area contributed by atoms with Crippen molar-refractivity contribution in [3.8, 4) is 0 Å². The Labute approximate surface area is 120 Å². The van der Waals surface area contributed by atoms with Gasteiger partial charge in [0.2, 0.25) is 0 Å². The normalized spacial score (nSPS) is 0.750. The molecule has 0 aliphatic heterocycles. The fourth-order valence-corrected chi connectivity index (χ4v) is 0. The second-order valence-electron chi connectivity index (χ2n) is 0. The maximum Gasteiger partial charge on any atom is 0 e. The number of rotatable bonds is 0. The van der Waals surface area contributed by atoms with E-state index < -0.39 is 0 Å². The monoisotopic (exact) mass is 501 g/mol. The Bertz CT molecular complexity index is 8.00. The summed E-state index contributed by atoms with van der Waals surface area (Å²) >= 11 is 0.0556. The quantitative estimate of drug-likeness (QED) is 0.452. The van der Waals surface area contributed by atoms with E-state index in [1.54, 1.807) is 0 Å². The van der Waals surface area contributed by atoms with Crippen LogP contribution in [0.3, 0.4) is 0 Å². The molecule has 0 unspecified atom stereocenters. The molecule has 0 aromatic rings. The van der Waals surface area contributed by atoms with Gasteiger partial charge in [0.05, 0.1) is 0 Å². The molecule has 0 atom stereocenters. The zero-order chi connectivity index (χ0) is 2.00. The van der Waals surface area contributed by atoms with Gasteiger partial charge in [0, 0.05) is 83.8 Å². The first-order valence-electron chi connectivity index (χ1n) is 0.204. The van der Waals surface area contributed by atoms with Gasteiger partial charge in [-0.3, -0.25) is 0 Å². The summed E-state index contributed by atoms with van der Waals surface area (Å²) < 4.78 is 8.39. The third-order valence-corrected chi connectivity index (χ3v) is 0. The molecule has 0 heterocycles. The van der Waals surface area contributed by atoms with Crippen molar-refractivity contribution in [3.05, 3.63) is 0 Å². The van der Waals surface area contributed by atoms with Crippen LogP contribution in [0.4, 0.5) is 0 Å². The molecule has 0 saturated carbocycles. The van der Waals surface area contributed by atoms with Crippen LogP contribution in [0.1, 0.15) is 0 Å². The van der Waals surface area contributed by atoms with Crippen LogP contribution in [0.2, 0.25) is 0 Å². The molecule has 0 amide bonds. The molecule has 0 aliphatic carbocycles. The molecule has 0 fully saturated rings. The topological polar surface area (TPSA) is 17.1 Å². The molecule has 0 aromatic carbocycles. The van der Waals surface area contributed by atoms with Crippen LogP contribution in [-0.4, -0.2) is 0 Å². The van der Waals surface area contributed by atoms with Gasteiger partial charge in [0.15, 0.2) is 0 Å². The minimum Gasteiger partial charge on any atom is 0 e. The van der Waals surface area contributed by atoms with Crippen molar-refractivity contribution in [1.82, 2.24) is 0 Å². The number of hydrogen-bond acceptors (Lipinski definition) is 1. The fourth-order valence-electron chi connectivity index (χ4n) is 0. The summed E-state index contributed by atoms with van der Waals surface area (Å²) in [7, 11) is 0. The molecule has 0 bridgehead atoms. The van der Waals surface area contributed by atoms with Crippen molar-refractivity contribution in [2.45, 2.75) is 0 Å². The van der Waals surface area contributed by atoms with Crippen molar-refractivity contribution in [2.75, 3.05) is 0 Å². The zero-order valence-corrected chi connectivity index (χ0v) is 8.16. The van der Waals surface area contributed by atoms with E-state index >= 15 is 0 Å². The summed E-state index contributed by atoms with van der Waals surface area (Å²) in [5, 5.41) is 0. The first-order chi connectivity index (χ1) is 1.00.